The number of ether oxygens (including phenoxy) is 1. The molecule has 1 fully saturated rings. The molecule has 0 radical (unpaired) electrons. The van der Waals surface area contributed by atoms with E-state index in [1.54, 1.807) is 18.7 Å². The van der Waals surface area contributed by atoms with E-state index in [4.69, 9.17) is 4.74 Å². The topological polar surface area (TPSA) is 58.6 Å². The van der Waals surface area contributed by atoms with Crippen LogP contribution in [0.5, 0.6) is 0 Å². The molecule has 0 aromatic rings. The molecule has 0 amide bonds. The molecule has 0 aromatic carbocycles. The maximum absolute atomic E-state index is 11.8. The first-order valence-corrected chi connectivity index (χ1v) is 7.09. The van der Waals surface area contributed by atoms with Crippen LogP contribution < -0.4 is 5.32 Å². The Hall–Kier alpha value is -0.260. The second-order valence-corrected chi connectivity index (χ2v) is 6.36. The van der Waals surface area contributed by atoms with Crippen molar-refractivity contribution in [2.75, 3.05) is 12.9 Å². The summed E-state index contributed by atoms with van der Waals surface area (Å²) in [5.74, 6) is 0.386. The quantitative estimate of drug-likeness (QED) is 0.674. The minimum Gasteiger partial charge on any atom is -0.468 e. The third kappa shape index (κ3) is 4.48. The van der Waals surface area contributed by atoms with Gasteiger partial charge in [-0.2, -0.15) is 11.8 Å². The number of rotatable bonds is 7. The highest BCUT2D eigenvalue weighted by molar-refractivity contribution is 8.00. The number of esters is 1. The Morgan fingerprint density at radius 2 is 2.18 bits per heavy atom. The molecule has 0 saturated heterocycles. The molecule has 1 aliphatic carbocycles. The van der Waals surface area contributed by atoms with Gasteiger partial charge in [0.25, 0.3) is 0 Å². The van der Waals surface area contributed by atoms with Gasteiger partial charge in [-0.1, -0.05) is 6.92 Å². The average molecular weight is 261 g/mol. The summed E-state index contributed by atoms with van der Waals surface area (Å²) >= 11 is 1.59. The monoisotopic (exact) mass is 261 g/mol. The fourth-order valence-electron chi connectivity index (χ4n) is 1.50. The molecule has 0 aromatic heterocycles. The van der Waals surface area contributed by atoms with E-state index in [-0.39, 0.29) is 17.3 Å². The lowest BCUT2D eigenvalue weighted by molar-refractivity contribution is -0.147. The Kier molecular flexibility index (Phi) is 5.28. The first-order chi connectivity index (χ1) is 7.89. The molecule has 2 N–H and O–H groups in total. The zero-order chi connectivity index (χ0) is 13.1. The maximum atomic E-state index is 11.8. The Balaban J connectivity index is 2.53. The van der Waals surface area contributed by atoms with Gasteiger partial charge in [-0.15, -0.1) is 0 Å². The molecule has 0 spiro atoms. The molecule has 4 nitrogen and oxygen atoms in total. The summed E-state index contributed by atoms with van der Waals surface area (Å²) in [6.07, 6.45) is 1.88. The van der Waals surface area contributed by atoms with Gasteiger partial charge >= 0.3 is 5.97 Å². The number of carbonyl (C=O) groups excluding carboxylic acids is 1. The van der Waals surface area contributed by atoms with Crippen LogP contribution in [0.4, 0.5) is 0 Å². The molecule has 100 valence electrons. The molecule has 0 heterocycles. The molecular weight excluding hydrogens is 238 g/mol. The lowest BCUT2D eigenvalue weighted by Crippen LogP contribution is -2.53. The van der Waals surface area contributed by atoms with Gasteiger partial charge in [0.2, 0.25) is 0 Å². The Morgan fingerprint density at radius 3 is 2.59 bits per heavy atom. The maximum Gasteiger partial charge on any atom is 0.326 e. The van der Waals surface area contributed by atoms with Crippen LogP contribution in [0.25, 0.3) is 0 Å². The van der Waals surface area contributed by atoms with E-state index < -0.39 is 5.54 Å². The SMILES string of the molecule is COC(=O)C(C)(CSC(C)C(C)O)NC1CC1. The fourth-order valence-corrected chi connectivity index (χ4v) is 2.58. The zero-order valence-electron chi connectivity index (χ0n) is 11.0. The summed E-state index contributed by atoms with van der Waals surface area (Å²) in [5, 5.41) is 12.9. The van der Waals surface area contributed by atoms with Gasteiger partial charge in [-0.25, -0.2) is 0 Å². The van der Waals surface area contributed by atoms with Crippen LogP contribution in [-0.2, 0) is 9.53 Å². The van der Waals surface area contributed by atoms with Gasteiger partial charge in [0.05, 0.1) is 13.2 Å². The van der Waals surface area contributed by atoms with Crippen LogP contribution in [0.2, 0.25) is 0 Å². The highest BCUT2D eigenvalue weighted by Gasteiger charge is 2.39. The van der Waals surface area contributed by atoms with Gasteiger partial charge in [-0.3, -0.25) is 10.1 Å². The van der Waals surface area contributed by atoms with E-state index in [2.05, 4.69) is 5.32 Å². The first kappa shape index (κ1) is 14.8. The van der Waals surface area contributed by atoms with Crippen LogP contribution in [0.3, 0.4) is 0 Å². The molecule has 1 rings (SSSR count). The highest BCUT2D eigenvalue weighted by Crippen LogP contribution is 2.27. The summed E-state index contributed by atoms with van der Waals surface area (Å²) in [5.41, 5.74) is -0.649. The molecule has 0 aliphatic heterocycles. The van der Waals surface area contributed by atoms with E-state index in [0.29, 0.717) is 11.8 Å². The highest BCUT2D eigenvalue weighted by atomic mass is 32.2. The Bertz CT molecular complexity index is 268. The van der Waals surface area contributed by atoms with Crippen molar-refractivity contribution in [3.8, 4) is 0 Å². The number of aliphatic hydroxyl groups excluding tert-OH is 1. The summed E-state index contributed by atoms with van der Waals surface area (Å²) in [6, 6.07) is 0.446. The molecule has 0 bridgehead atoms. The lowest BCUT2D eigenvalue weighted by atomic mass is 10.1. The van der Waals surface area contributed by atoms with Gasteiger partial charge < -0.3 is 9.84 Å². The Labute approximate surface area is 107 Å². The largest absolute Gasteiger partial charge is 0.468 e. The fraction of sp³-hybridized carbons (Fsp3) is 0.917. The minimum absolute atomic E-state index is 0.111. The van der Waals surface area contributed by atoms with Crippen LogP contribution in [-0.4, -0.2) is 46.9 Å². The van der Waals surface area contributed by atoms with Crippen LogP contribution in [0, 0.1) is 0 Å². The van der Waals surface area contributed by atoms with Crippen molar-refractivity contribution in [2.24, 2.45) is 0 Å². The number of hydrogen-bond acceptors (Lipinski definition) is 5. The Morgan fingerprint density at radius 1 is 1.59 bits per heavy atom. The van der Waals surface area contributed by atoms with Crippen LogP contribution >= 0.6 is 11.8 Å². The standard InChI is InChI=1S/C12H23NO3S/c1-8(14)9(2)17-7-12(3,11(15)16-4)13-10-5-6-10/h8-10,13-14H,5-7H2,1-4H3. The van der Waals surface area contributed by atoms with Crippen molar-refractivity contribution in [3.05, 3.63) is 0 Å². The van der Waals surface area contributed by atoms with Crippen molar-refractivity contribution in [3.63, 3.8) is 0 Å². The van der Waals surface area contributed by atoms with E-state index in [1.807, 2.05) is 13.8 Å². The van der Waals surface area contributed by atoms with Gasteiger partial charge in [-0.05, 0) is 26.7 Å². The van der Waals surface area contributed by atoms with Crippen molar-refractivity contribution in [2.45, 2.75) is 56.5 Å². The minimum atomic E-state index is -0.649. The number of hydrogen-bond donors (Lipinski definition) is 2. The average Bonchev–Trinajstić information content (AvgIpc) is 3.08. The molecular formula is C12H23NO3S. The summed E-state index contributed by atoms with van der Waals surface area (Å²) < 4.78 is 4.86. The third-order valence-electron chi connectivity index (χ3n) is 3.05. The van der Waals surface area contributed by atoms with E-state index in [9.17, 15) is 9.90 Å². The van der Waals surface area contributed by atoms with E-state index in [0.717, 1.165) is 12.8 Å². The van der Waals surface area contributed by atoms with Gasteiger partial charge in [0.15, 0.2) is 0 Å². The zero-order valence-corrected chi connectivity index (χ0v) is 11.8. The normalized spacial score (nSPS) is 22.6. The summed E-state index contributed by atoms with van der Waals surface area (Å²) in [7, 11) is 1.41. The number of thioether (sulfide) groups is 1. The van der Waals surface area contributed by atoms with Gasteiger partial charge in [0, 0.05) is 17.0 Å². The molecule has 5 heteroatoms. The number of carbonyl (C=O) groups is 1. The van der Waals surface area contributed by atoms with E-state index >= 15 is 0 Å². The molecule has 3 unspecified atom stereocenters. The van der Waals surface area contributed by atoms with Crippen molar-refractivity contribution >= 4 is 17.7 Å². The number of nitrogens with one attached hydrogen (secondary N) is 1. The van der Waals surface area contributed by atoms with Crippen molar-refractivity contribution < 1.29 is 14.6 Å². The predicted octanol–water partition coefficient (Wildman–Crippen LogP) is 1.17. The third-order valence-corrected chi connectivity index (χ3v) is 4.71. The summed E-state index contributed by atoms with van der Waals surface area (Å²) in [4.78, 5) is 11.8. The summed E-state index contributed by atoms with van der Waals surface area (Å²) in [6.45, 7) is 5.60. The van der Waals surface area contributed by atoms with Crippen molar-refractivity contribution in [1.82, 2.24) is 5.32 Å². The first-order valence-electron chi connectivity index (χ1n) is 6.05. The predicted molar refractivity (Wildman–Crippen MR) is 70.2 cm³/mol. The van der Waals surface area contributed by atoms with Crippen LogP contribution in [0.1, 0.15) is 33.6 Å². The smallest absolute Gasteiger partial charge is 0.326 e. The van der Waals surface area contributed by atoms with E-state index in [1.165, 1.54) is 7.11 Å². The lowest BCUT2D eigenvalue weighted by Gasteiger charge is -2.29. The number of methoxy groups -OCH3 is 1. The second-order valence-electron chi connectivity index (χ2n) is 5.00. The molecule has 17 heavy (non-hydrogen) atoms. The van der Waals surface area contributed by atoms with Crippen LogP contribution in [0.15, 0.2) is 0 Å². The van der Waals surface area contributed by atoms with Crippen molar-refractivity contribution in [1.29, 1.82) is 0 Å². The van der Waals surface area contributed by atoms with Gasteiger partial charge in [0.1, 0.15) is 5.54 Å². The number of aliphatic hydroxyl groups is 1. The molecule has 1 saturated carbocycles. The molecule has 1 aliphatic rings. The second kappa shape index (κ2) is 6.07. The molecule has 3 atom stereocenters.